The number of carbonyl (C=O) groups is 2. The fourth-order valence-corrected chi connectivity index (χ4v) is 3.28. The van der Waals surface area contributed by atoms with Crippen LogP contribution in [0.5, 0.6) is 0 Å². The molecule has 8 heteroatoms. The Labute approximate surface area is 170 Å². The van der Waals surface area contributed by atoms with Crippen LogP contribution < -0.4 is 10.2 Å². The predicted octanol–water partition coefficient (Wildman–Crippen LogP) is 2.58. The number of hydrogen-bond donors (Lipinski definition) is 1. The summed E-state index contributed by atoms with van der Waals surface area (Å²) in [5.41, 5.74) is 2.31. The first kappa shape index (κ1) is 20.8. The van der Waals surface area contributed by atoms with Crippen molar-refractivity contribution < 1.29 is 19.2 Å². The number of nitrogens with one attached hydrogen (secondary N) is 1. The third kappa shape index (κ3) is 5.10. The molecule has 2 amide bonds. The van der Waals surface area contributed by atoms with Gasteiger partial charge in [0.15, 0.2) is 0 Å². The zero-order valence-corrected chi connectivity index (χ0v) is 17.1. The fourth-order valence-electron chi connectivity index (χ4n) is 3.28. The number of pyridine rings is 1. The molecule has 0 spiro atoms. The van der Waals surface area contributed by atoms with Gasteiger partial charge in [-0.25, -0.2) is 5.06 Å². The summed E-state index contributed by atoms with van der Waals surface area (Å²) in [5, 5.41) is 3.95. The molecule has 0 bridgehead atoms. The number of hydroxylamine groups is 2. The fraction of sp³-hybridized carbons (Fsp3) is 0.381. The average molecular weight is 398 g/mol. The van der Waals surface area contributed by atoms with Crippen molar-refractivity contribution in [1.29, 1.82) is 0 Å². The van der Waals surface area contributed by atoms with E-state index in [0.717, 1.165) is 23.8 Å². The van der Waals surface area contributed by atoms with Crippen molar-refractivity contribution in [3.05, 3.63) is 53.9 Å². The van der Waals surface area contributed by atoms with E-state index in [-0.39, 0.29) is 24.0 Å². The summed E-state index contributed by atoms with van der Waals surface area (Å²) in [5.74, 6) is -0.581. The standard InChI is InChI=1S/C21H26N4O4/c1-14-12-25(13-15(2)29-14)18-9-10-22-19(11-18)20(26)23-17-7-5-16(6-8-17)21(27)24(3)28-4/h5-11,14-15H,12-13H2,1-4H3,(H,23,26). The monoisotopic (exact) mass is 398 g/mol. The maximum Gasteiger partial charge on any atom is 0.277 e. The Morgan fingerprint density at radius 3 is 2.45 bits per heavy atom. The van der Waals surface area contributed by atoms with Crippen LogP contribution in [0.25, 0.3) is 0 Å². The summed E-state index contributed by atoms with van der Waals surface area (Å²) in [6, 6.07) is 10.3. The Kier molecular flexibility index (Phi) is 6.46. The summed E-state index contributed by atoms with van der Waals surface area (Å²) in [6.07, 6.45) is 1.89. The van der Waals surface area contributed by atoms with Crippen molar-refractivity contribution in [2.45, 2.75) is 26.1 Å². The topological polar surface area (TPSA) is 84.0 Å². The highest BCUT2D eigenvalue weighted by molar-refractivity contribution is 6.03. The van der Waals surface area contributed by atoms with Crippen LogP contribution in [-0.2, 0) is 9.57 Å². The van der Waals surface area contributed by atoms with Crippen molar-refractivity contribution in [2.75, 3.05) is 37.5 Å². The van der Waals surface area contributed by atoms with Gasteiger partial charge in [0.05, 0.1) is 19.3 Å². The Hall–Kier alpha value is -2.97. The van der Waals surface area contributed by atoms with Gasteiger partial charge in [-0.2, -0.15) is 0 Å². The highest BCUT2D eigenvalue weighted by atomic mass is 16.7. The van der Waals surface area contributed by atoms with E-state index in [0.29, 0.717) is 16.9 Å². The molecular weight excluding hydrogens is 372 g/mol. The summed E-state index contributed by atoms with van der Waals surface area (Å²) in [4.78, 5) is 36.0. The highest BCUT2D eigenvalue weighted by Gasteiger charge is 2.23. The third-order valence-corrected chi connectivity index (χ3v) is 4.71. The normalized spacial score (nSPS) is 19.0. The van der Waals surface area contributed by atoms with E-state index < -0.39 is 0 Å². The van der Waals surface area contributed by atoms with Crippen LogP contribution in [0.2, 0.25) is 0 Å². The van der Waals surface area contributed by atoms with Gasteiger partial charge in [0.2, 0.25) is 0 Å². The molecule has 0 aliphatic carbocycles. The van der Waals surface area contributed by atoms with Gasteiger partial charge in [0.1, 0.15) is 5.69 Å². The minimum Gasteiger partial charge on any atom is -0.372 e. The van der Waals surface area contributed by atoms with Gasteiger partial charge in [-0.15, -0.1) is 0 Å². The largest absolute Gasteiger partial charge is 0.372 e. The van der Waals surface area contributed by atoms with Crippen LogP contribution >= 0.6 is 0 Å². The molecule has 2 unspecified atom stereocenters. The lowest BCUT2D eigenvalue weighted by molar-refractivity contribution is -0.0756. The molecule has 2 aromatic rings. The van der Waals surface area contributed by atoms with E-state index in [1.54, 1.807) is 36.5 Å². The summed E-state index contributed by atoms with van der Waals surface area (Å²) in [6.45, 7) is 5.61. The number of morpholine rings is 1. The average Bonchev–Trinajstić information content (AvgIpc) is 2.72. The van der Waals surface area contributed by atoms with E-state index in [2.05, 4.69) is 15.2 Å². The molecule has 29 heavy (non-hydrogen) atoms. The first-order chi connectivity index (χ1) is 13.9. The molecule has 1 aliphatic rings. The number of rotatable bonds is 5. The molecule has 1 N–H and O–H groups in total. The van der Waals surface area contributed by atoms with Crippen molar-refractivity contribution in [1.82, 2.24) is 10.0 Å². The van der Waals surface area contributed by atoms with Crippen molar-refractivity contribution >= 4 is 23.2 Å². The van der Waals surface area contributed by atoms with E-state index in [1.165, 1.54) is 14.2 Å². The Morgan fingerprint density at radius 1 is 1.17 bits per heavy atom. The van der Waals surface area contributed by atoms with Crippen LogP contribution in [0.3, 0.4) is 0 Å². The number of ether oxygens (including phenoxy) is 1. The van der Waals surface area contributed by atoms with E-state index in [1.807, 2.05) is 19.9 Å². The molecule has 3 rings (SSSR count). The SMILES string of the molecule is CON(C)C(=O)c1ccc(NC(=O)c2cc(N3CC(C)OC(C)C3)ccn2)cc1. The zero-order chi connectivity index (χ0) is 21.0. The van der Waals surface area contributed by atoms with Crippen LogP contribution in [-0.4, -0.2) is 61.3 Å². The number of aromatic nitrogens is 1. The highest BCUT2D eigenvalue weighted by Crippen LogP contribution is 2.21. The lowest BCUT2D eigenvalue weighted by atomic mass is 10.2. The molecule has 154 valence electrons. The zero-order valence-electron chi connectivity index (χ0n) is 17.1. The maximum absolute atomic E-state index is 12.6. The van der Waals surface area contributed by atoms with Crippen LogP contribution in [0.4, 0.5) is 11.4 Å². The quantitative estimate of drug-likeness (QED) is 0.780. The molecule has 1 aromatic carbocycles. The molecule has 1 saturated heterocycles. The number of amides is 2. The Morgan fingerprint density at radius 2 is 1.83 bits per heavy atom. The molecule has 0 saturated carbocycles. The van der Waals surface area contributed by atoms with Crippen molar-refractivity contribution in [3.63, 3.8) is 0 Å². The van der Waals surface area contributed by atoms with Gasteiger partial charge in [-0.1, -0.05) is 0 Å². The number of anilines is 2. The van der Waals surface area contributed by atoms with Gasteiger partial charge >= 0.3 is 0 Å². The minimum absolute atomic E-state index is 0.127. The van der Waals surface area contributed by atoms with Crippen molar-refractivity contribution in [2.24, 2.45) is 0 Å². The first-order valence-corrected chi connectivity index (χ1v) is 9.47. The second kappa shape index (κ2) is 9.02. The molecule has 1 aromatic heterocycles. The number of hydrogen-bond acceptors (Lipinski definition) is 6. The smallest absolute Gasteiger partial charge is 0.277 e. The first-order valence-electron chi connectivity index (χ1n) is 9.47. The third-order valence-electron chi connectivity index (χ3n) is 4.71. The van der Waals surface area contributed by atoms with Crippen LogP contribution in [0.15, 0.2) is 42.6 Å². The summed E-state index contributed by atoms with van der Waals surface area (Å²) >= 11 is 0. The van der Waals surface area contributed by atoms with Crippen LogP contribution in [0, 0.1) is 0 Å². The summed E-state index contributed by atoms with van der Waals surface area (Å²) < 4.78 is 5.77. The molecule has 0 radical (unpaired) electrons. The van der Waals surface area contributed by atoms with Gasteiger partial charge < -0.3 is 15.0 Å². The lowest BCUT2D eigenvalue weighted by Gasteiger charge is -2.36. The van der Waals surface area contributed by atoms with Gasteiger partial charge in [-0.05, 0) is 50.2 Å². The Bertz CT molecular complexity index is 861. The maximum atomic E-state index is 12.6. The molecule has 2 heterocycles. The molecule has 1 aliphatic heterocycles. The van der Waals surface area contributed by atoms with Crippen LogP contribution in [0.1, 0.15) is 34.7 Å². The van der Waals surface area contributed by atoms with E-state index in [9.17, 15) is 9.59 Å². The second-order valence-electron chi connectivity index (χ2n) is 7.08. The second-order valence-corrected chi connectivity index (χ2v) is 7.08. The molecule has 2 atom stereocenters. The lowest BCUT2D eigenvalue weighted by Crippen LogP contribution is -2.45. The number of nitrogens with zero attached hydrogens (tertiary/aromatic N) is 3. The van der Waals surface area contributed by atoms with Gasteiger partial charge in [0, 0.05) is 43.3 Å². The van der Waals surface area contributed by atoms with Crippen molar-refractivity contribution in [3.8, 4) is 0 Å². The Balaban J connectivity index is 1.69. The molecule has 8 nitrogen and oxygen atoms in total. The minimum atomic E-state index is -0.311. The molecular formula is C21H26N4O4. The van der Waals surface area contributed by atoms with E-state index in [4.69, 9.17) is 9.57 Å². The predicted molar refractivity (Wildman–Crippen MR) is 110 cm³/mol. The van der Waals surface area contributed by atoms with Gasteiger partial charge in [-0.3, -0.25) is 19.4 Å². The number of carbonyl (C=O) groups excluding carboxylic acids is 2. The number of benzene rings is 1. The van der Waals surface area contributed by atoms with E-state index >= 15 is 0 Å². The summed E-state index contributed by atoms with van der Waals surface area (Å²) in [7, 11) is 2.96. The van der Waals surface area contributed by atoms with Gasteiger partial charge in [0.25, 0.3) is 11.8 Å². The molecule has 1 fully saturated rings.